The van der Waals surface area contributed by atoms with Crippen LogP contribution < -0.4 is 11.1 Å². The van der Waals surface area contributed by atoms with Crippen LogP contribution in [-0.2, 0) is 16.1 Å². The van der Waals surface area contributed by atoms with E-state index in [1.807, 2.05) is 6.07 Å². The Balaban J connectivity index is 1.75. The van der Waals surface area contributed by atoms with Crippen LogP contribution in [0, 0.1) is 0 Å². The molecule has 0 saturated heterocycles. The van der Waals surface area contributed by atoms with Crippen LogP contribution in [0.4, 0.5) is 0 Å². The number of hydrogen-bond acceptors (Lipinski definition) is 4. The number of carbonyl (C=O) groups is 1. The highest BCUT2D eigenvalue weighted by atomic mass is 32.1. The molecule has 1 heterocycles. The van der Waals surface area contributed by atoms with E-state index in [-0.39, 0.29) is 6.61 Å². The maximum Gasteiger partial charge on any atom is 0.243 e. The maximum atomic E-state index is 10.4. The summed E-state index contributed by atoms with van der Waals surface area (Å²) in [5.74, 6) is -0.432. The first-order valence-corrected chi connectivity index (χ1v) is 6.67. The summed E-state index contributed by atoms with van der Waals surface area (Å²) in [4.78, 5) is 10.4. The van der Waals surface area contributed by atoms with Gasteiger partial charge in [-0.1, -0.05) is 18.2 Å². The van der Waals surface area contributed by atoms with Crippen molar-refractivity contribution in [2.45, 2.75) is 6.54 Å². The average Bonchev–Trinajstić information content (AvgIpc) is 2.77. The molecule has 0 radical (unpaired) electrons. The number of nitrogens with one attached hydrogen (secondary N) is 1. The van der Waals surface area contributed by atoms with Gasteiger partial charge in [-0.25, -0.2) is 0 Å². The molecule has 0 aliphatic carbocycles. The van der Waals surface area contributed by atoms with E-state index in [2.05, 4.69) is 28.9 Å². The van der Waals surface area contributed by atoms with E-state index >= 15 is 0 Å². The van der Waals surface area contributed by atoms with Crippen LogP contribution in [0.15, 0.2) is 29.6 Å². The van der Waals surface area contributed by atoms with Gasteiger partial charge in [0.2, 0.25) is 5.91 Å². The monoisotopic (exact) mass is 264 g/mol. The molecule has 1 aromatic heterocycles. The number of amides is 1. The molecule has 4 nitrogen and oxygen atoms in total. The number of fused-ring (bicyclic) bond motifs is 1. The number of carbonyl (C=O) groups excluding carboxylic acids is 1. The highest BCUT2D eigenvalue weighted by Crippen LogP contribution is 2.25. The number of ether oxygens (including phenoxy) is 1. The summed E-state index contributed by atoms with van der Waals surface area (Å²) in [6.45, 7) is 2.00. The number of benzene rings is 1. The lowest BCUT2D eigenvalue weighted by Gasteiger charge is -2.04. The Morgan fingerprint density at radius 1 is 1.39 bits per heavy atom. The first-order chi connectivity index (χ1) is 8.77. The third-order valence-electron chi connectivity index (χ3n) is 2.54. The van der Waals surface area contributed by atoms with Crippen LogP contribution in [-0.4, -0.2) is 25.7 Å². The van der Waals surface area contributed by atoms with Gasteiger partial charge in [-0.3, -0.25) is 4.79 Å². The lowest BCUT2D eigenvalue weighted by atomic mass is 10.2. The molecule has 0 fully saturated rings. The van der Waals surface area contributed by atoms with Gasteiger partial charge in [-0.05, 0) is 22.4 Å². The van der Waals surface area contributed by atoms with Crippen LogP contribution in [0.3, 0.4) is 0 Å². The van der Waals surface area contributed by atoms with E-state index in [1.54, 1.807) is 11.3 Å². The fourth-order valence-electron chi connectivity index (χ4n) is 1.71. The zero-order chi connectivity index (χ0) is 12.8. The summed E-state index contributed by atoms with van der Waals surface area (Å²) in [6, 6.07) is 8.36. The SMILES string of the molecule is NC(=O)COCCNCc1csc2ccccc12. The van der Waals surface area contributed by atoms with Crippen molar-refractivity contribution in [1.29, 1.82) is 0 Å². The Kier molecular flexibility index (Phi) is 4.69. The van der Waals surface area contributed by atoms with Gasteiger partial charge < -0.3 is 15.8 Å². The molecular weight excluding hydrogens is 248 g/mol. The highest BCUT2D eigenvalue weighted by molar-refractivity contribution is 7.17. The second-order valence-corrected chi connectivity index (χ2v) is 4.86. The van der Waals surface area contributed by atoms with Crippen LogP contribution in [0.2, 0.25) is 0 Å². The fourth-order valence-corrected chi connectivity index (χ4v) is 2.67. The van der Waals surface area contributed by atoms with Crippen LogP contribution in [0.5, 0.6) is 0 Å². The lowest BCUT2D eigenvalue weighted by molar-refractivity contribution is -0.122. The quantitative estimate of drug-likeness (QED) is 0.745. The van der Waals surface area contributed by atoms with Gasteiger partial charge in [0.25, 0.3) is 0 Å². The second-order valence-electron chi connectivity index (χ2n) is 3.95. The van der Waals surface area contributed by atoms with Crippen LogP contribution in [0.25, 0.3) is 10.1 Å². The minimum Gasteiger partial charge on any atom is -0.370 e. The van der Waals surface area contributed by atoms with Crippen molar-refractivity contribution in [1.82, 2.24) is 5.32 Å². The molecule has 2 aromatic rings. The summed E-state index contributed by atoms with van der Waals surface area (Å²) in [7, 11) is 0. The molecule has 5 heteroatoms. The summed E-state index contributed by atoms with van der Waals surface area (Å²) in [5, 5.41) is 6.75. The normalized spacial score (nSPS) is 10.9. The molecule has 96 valence electrons. The topological polar surface area (TPSA) is 64.4 Å². The largest absolute Gasteiger partial charge is 0.370 e. The number of nitrogens with two attached hydrogens (primary N) is 1. The lowest BCUT2D eigenvalue weighted by Crippen LogP contribution is -2.23. The minimum atomic E-state index is -0.432. The van der Waals surface area contributed by atoms with Crippen LogP contribution in [0.1, 0.15) is 5.56 Å². The van der Waals surface area contributed by atoms with Crippen LogP contribution >= 0.6 is 11.3 Å². The molecule has 3 N–H and O–H groups in total. The fraction of sp³-hybridized carbons (Fsp3) is 0.308. The van der Waals surface area contributed by atoms with Crippen molar-refractivity contribution in [2.24, 2.45) is 5.73 Å². The molecule has 0 saturated carbocycles. The highest BCUT2D eigenvalue weighted by Gasteiger charge is 2.02. The van der Waals surface area contributed by atoms with E-state index in [1.165, 1.54) is 15.6 Å². The Bertz CT molecular complexity index is 524. The van der Waals surface area contributed by atoms with Gasteiger partial charge in [-0.2, -0.15) is 0 Å². The number of thiophene rings is 1. The Morgan fingerprint density at radius 3 is 3.06 bits per heavy atom. The van der Waals surface area contributed by atoms with E-state index in [4.69, 9.17) is 10.5 Å². The van der Waals surface area contributed by atoms with E-state index in [9.17, 15) is 4.79 Å². The zero-order valence-corrected chi connectivity index (χ0v) is 10.8. The van der Waals surface area contributed by atoms with Gasteiger partial charge in [-0.15, -0.1) is 11.3 Å². The summed E-state index contributed by atoms with van der Waals surface area (Å²) in [6.07, 6.45) is 0. The summed E-state index contributed by atoms with van der Waals surface area (Å²) < 4.78 is 6.37. The average molecular weight is 264 g/mol. The Hall–Kier alpha value is -1.43. The number of hydrogen-bond donors (Lipinski definition) is 2. The van der Waals surface area contributed by atoms with Crippen molar-refractivity contribution in [3.63, 3.8) is 0 Å². The predicted octanol–water partition coefficient (Wildman–Crippen LogP) is 1.49. The minimum absolute atomic E-state index is 0.0109. The smallest absolute Gasteiger partial charge is 0.243 e. The molecule has 1 aromatic carbocycles. The first-order valence-electron chi connectivity index (χ1n) is 5.79. The van der Waals surface area contributed by atoms with Crippen molar-refractivity contribution < 1.29 is 9.53 Å². The Morgan fingerprint density at radius 2 is 2.22 bits per heavy atom. The van der Waals surface area contributed by atoms with Gasteiger partial charge in [0.05, 0.1) is 6.61 Å². The van der Waals surface area contributed by atoms with Crippen molar-refractivity contribution in [3.8, 4) is 0 Å². The molecule has 1 amide bonds. The van der Waals surface area contributed by atoms with Gasteiger partial charge in [0.1, 0.15) is 6.61 Å². The third-order valence-corrected chi connectivity index (χ3v) is 3.56. The van der Waals surface area contributed by atoms with Gasteiger partial charge in [0.15, 0.2) is 0 Å². The number of rotatable bonds is 7. The molecule has 2 rings (SSSR count). The molecular formula is C13H16N2O2S. The molecule has 0 bridgehead atoms. The molecule has 18 heavy (non-hydrogen) atoms. The number of primary amides is 1. The van der Waals surface area contributed by atoms with Crippen molar-refractivity contribution in [2.75, 3.05) is 19.8 Å². The van der Waals surface area contributed by atoms with E-state index in [0.29, 0.717) is 13.2 Å². The summed E-state index contributed by atoms with van der Waals surface area (Å²) >= 11 is 1.75. The van der Waals surface area contributed by atoms with Gasteiger partial charge >= 0.3 is 0 Å². The molecule has 0 unspecified atom stereocenters. The molecule has 0 aliphatic rings. The molecule has 0 atom stereocenters. The van der Waals surface area contributed by atoms with E-state index < -0.39 is 5.91 Å². The second kappa shape index (κ2) is 6.49. The summed E-state index contributed by atoms with van der Waals surface area (Å²) in [5.41, 5.74) is 6.26. The van der Waals surface area contributed by atoms with Gasteiger partial charge in [0, 0.05) is 17.8 Å². The maximum absolute atomic E-state index is 10.4. The molecule has 0 spiro atoms. The van der Waals surface area contributed by atoms with Crippen molar-refractivity contribution >= 4 is 27.3 Å². The molecule has 0 aliphatic heterocycles. The van der Waals surface area contributed by atoms with Crippen molar-refractivity contribution in [3.05, 3.63) is 35.2 Å². The third kappa shape index (κ3) is 3.53. The zero-order valence-electron chi connectivity index (χ0n) is 10.0. The predicted molar refractivity (Wildman–Crippen MR) is 73.5 cm³/mol. The first kappa shape index (κ1) is 13.0. The Labute approximate surface area is 110 Å². The standard InChI is InChI=1S/C13H16N2O2S/c14-13(16)8-17-6-5-15-7-10-9-18-12-4-2-1-3-11(10)12/h1-4,9,15H,5-8H2,(H2,14,16). The van der Waals surface area contributed by atoms with E-state index in [0.717, 1.165) is 6.54 Å².